The van der Waals surface area contributed by atoms with Crippen molar-refractivity contribution >= 4 is 11.8 Å². The van der Waals surface area contributed by atoms with Gasteiger partial charge in [0.25, 0.3) is 0 Å². The number of amides is 2. The Labute approximate surface area is 161 Å². The molecule has 3 fully saturated rings. The summed E-state index contributed by atoms with van der Waals surface area (Å²) >= 11 is 0. The average molecular weight is 370 g/mol. The minimum absolute atomic E-state index is 0.114. The van der Waals surface area contributed by atoms with E-state index in [2.05, 4.69) is 0 Å². The summed E-state index contributed by atoms with van der Waals surface area (Å²) in [7, 11) is 0. The summed E-state index contributed by atoms with van der Waals surface area (Å²) < 4.78 is 6.10. The number of ether oxygens (including phenoxy) is 1. The van der Waals surface area contributed by atoms with Crippen LogP contribution < -0.4 is 4.74 Å². The van der Waals surface area contributed by atoms with Crippen molar-refractivity contribution in [1.29, 1.82) is 0 Å². The molecule has 146 valence electrons. The van der Waals surface area contributed by atoms with Crippen molar-refractivity contribution in [2.24, 2.45) is 5.92 Å². The van der Waals surface area contributed by atoms with Gasteiger partial charge in [0.05, 0.1) is 6.54 Å². The zero-order valence-electron chi connectivity index (χ0n) is 16.0. The second-order valence-electron chi connectivity index (χ2n) is 8.24. The quantitative estimate of drug-likeness (QED) is 0.799. The van der Waals surface area contributed by atoms with Crippen molar-refractivity contribution in [3.63, 3.8) is 0 Å². The Morgan fingerprint density at radius 3 is 2.41 bits per heavy atom. The highest BCUT2D eigenvalue weighted by Gasteiger charge is 2.43. The molecule has 2 saturated heterocycles. The SMILES string of the molecule is O=C([C@@H]1C[C@H](Oc2ccccc2)CN1C(=O)CC1CCCC1)N1CCCC1. The van der Waals surface area contributed by atoms with Crippen LogP contribution >= 0.6 is 0 Å². The van der Waals surface area contributed by atoms with E-state index in [-0.39, 0.29) is 24.0 Å². The van der Waals surface area contributed by atoms with E-state index in [9.17, 15) is 9.59 Å². The van der Waals surface area contributed by atoms with Gasteiger partial charge in [-0.2, -0.15) is 0 Å². The summed E-state index contributed by atoms with van der Waals surface area (Å²) in [5, 5.41) is 0. The molecule has 2 heterocycles. The number of carbonyl (C=O) groups is 2. The molecular formula is C22H30N2O3. The zero-order valence-corrected chi connectivity index (χ0v) is 16.0. The fourth-order valence-corrected chi connectivity index (χ4v) is 4.81. The number of hydrogen-bond acceptors (Lipinski definition) is 3. The van der Waals surface area contributed by atoms with Gasteiger partial charge in [0, 0.05) is 25.9 Å². The van der Waals surface area contributed by atoms with Crippen molar-refractivity contribution < 1.29 is 14.3 Å². The van der Waals surface area contributed by atoms with Crippen molar-refractivity contribution in [2.75, 3.05) is 19.6 Å². The lowest BCUT2D eigenvalue weighted by Crippen LogP contribution is -2.47. The number of rotatable bonds is 5. The fraction of sp³-hybridized carbons (Fsp3) is 0.636. The van der Waals surface area contributed by atoms with Gasteiger partial charge in [-0.3, -0.25) is 9.59 Å². The van der Waals surface area contributed by atoms with E-state index in [1.54, 1.807) is 0 Å². The number of benzene rings is 1. The van der Waals surface area contributed by atoms with E-state index in [0.29, 0.717) is 25.3 Å². The van der Waals surface area contributed by atoms with Crippen LogP contribution in [-0.2, 0) is 9.59 Å². The second kappa shape index (κ2) is 8.32. The number of hydrogen-bond donors (Lipinski definition) is 0. The van der Waals surface area contributed by atoms with Crippen LogP contribution in [0.5, 0.6) is 5.75 Å². The summed E-state index contributed by atoms with van der Waals surface area (Å²) in [4.78, 5) is 29.9. The molecule has 1 aromatic rings. The predicted molar refractivity (Wildman–Crippen MR) is 103 cm³/mol. The van der Waals surface area contributed by atoms with Crippen LogP contribution in [0.2, 0.25) is 0 Å². The van der Waals surface area contributed by atoms with Crippen LogP contribution in [0.4, 0.5) is 0 Å². The Morgan fingerprint density at radius 1 is 1.00 bits per heavy atom. The summed E-state index contributed by atoms with van der Waals surface area (Å²) in [5.74, 6) is 1.55. The molecule has 2 atom stereocenters. The lowest BCUT2D eigenvalue weighted by atomic mass is 10.0. The highest BCUT2D eigenvalue weighted by Crippen LogP contribution is 2.31. The topological polar surface area (TPSA) is 49.9 Å². The molecule has 0 unspecified atom stereocenters. The van der Waals surface area contributed by atoms with Gasteiger partial charge in [-0.15, -0.1) is 0 Å². The maximum atomic E-state index is 13.1. The Balaban J connectivity index is 1.46. The number of nitrogens with zero attached hydrogens (tertiary/aromatic N) is 2. The molecule has 5 nitrogen and oxygen atoms in total. The maximum absolute atomic E-state index is 13.1. The number of carbonyl (C=O) groups excluding carboxylic acids is 2. The normalized spacial score (nSPS) is 25.9. The van der Waals surface area contributed by atoms with Crippen LogP contribution in [0.25, 0.3) is 0 Å². The molecule has 0 radical (unpaired) electrons. The minimum atomic E-state index is -0.356. The van der Waals surface area contributed by atoms with E-state index in [1.807, 2.05) is 40.1 Å². The van der Waals surface area contributed by atoms with Crippen molar-refractivity contribution in [2.45, 2.75) is 63.5 Å². The monoisotopic (exact) mass is 370 g/mol. The summed E-state index contributed by atoms with van der Waals surface area (Å²) in [6, 6.07) is 9.35. The Hall–Kier alpha value is -2.04. The van der Waals surface area contributed by atoms with Crippen LogP contribution in [0.15, 0.2) is 30.3 Å². The van der Waals surface area contributed by atoms with Crippen molar-refractivity contribution in [3.8, 4) is 5.75 Å². The number of para-hydroxylation sites is 1. The van der Waals surface area contributed by atoms with E-state index >= 15 is 0 Å². The molecule has 0 bridgehead atoms. The molecule has 1 saturated carbocycles. The third-order valence-electron chi connectivity index (χ3n) is 6.27. The third kappa shape index (κ3) is 4.28. The van der Waals surface area contributed by atoms with Gasteiger partial charge in [0.15, 0.2) is 0 Å². The van der Waals surface area contributed by atoms with E-state index in [1.165, 1.54) is 12.8 Å². The molecule has 1 aromatic carbocycles. The van der Waals surface area contributed by atoms with E-state index in [4.69, 9.17) is 4.74 Å². The largest absolute Gasteiger partial charge is 0.488 e. The first-order valence-electron chi connectivity index (χ1n) is 10.5. The Kier molecular flexibility index (Phi) is 5.65. The molecule has 1 aliphatic carbocycles. The molecule has 0 N–H and O–H groups in total. The second-order valence-corrected chi connectivity index (χ2v) is 8.24. The molecule has 0 spiro atoms. The third-order valence-corrected chi connectivity index (χ3v) is 6.27. The summed E-state index contributed by atoms with van der Waals surface area (Å²) in [6.07, 6.45) is 7.96. The first-order chi connectivity index (χ1) is 13.2. The van der Waals surface area contributed by atoms with Crippen LogP contribution in [0.1, 0.15) is 51.4 Å². The smallest absolute Gasteiger partial charge is 0.245 e. The van der Waals surface area contributed by atoms with Crippen LogP contribution in [0, 0.1) is 5.92 Å². The fourth-order valence-electron chi connectivity index (χ4n) is 4.81. The predicted octanol–water partition coefficient (Wildman–Crippen LogP) is 3.24. The Morgan fingerprint density at radius 2 is 1.70 bits per heavy atom. The highest BCUT2D eigenvalue weighted by atomic mass is 16.5. The molecule has 2 amide bonds. The van der Waals surface area contributed by atoms with Gasteiger partial charge in [-0.1, -0.05) is 31.0 Å². The van der Waals surface area contributed by atoms with Gasteiger partial charge in [0.2, 0.25) is 11.8 Å². The lowest BCUT2D eigenvalue weighted by Gasteiger charge is -2.28. The first kappa shape index (κ1) is 18.3. The molecule has 27 heavy (non-hydrogen) atoms. The van der Waals surface area contributed by atoms with Gasteiger partial charge in [-0.05, 0) is 43.7 Å². The zero-order chi connectivity index (χ0) is 18.6. The molecule has 2 aliphatic heterocycles. The minimum Gasteiger partial charge on any atom is -0.488 e. The van der Waals surface area contributed by atoms with Crippen molar-refractivity contribution in [3.05, 3.63) is 30.3 Å². The summed E-state index contributed by atoms with van der Waals surface area (Å²) in [5.41, 5.74) is 0. The molecule has 5 heteroatoms. The molecule has 4 rings (SSSR count). The van der Waals surface area contributed by atoms with Crippen molar-refractivity contribution in [1.82, 2.24) is 9.80 Å². The van der Waals surface area contributed by atoms with Gasteiger partial charge in [-0.25, -0.2) is 0 Å². The first-order valence-corrected chi connectivity index (χ1v) is 10.5. The van der Waals surface area contributed by atoms with Gasteiger partial charge >= 0.3 is 0 Å². The maximum Gasteiger partial charge on any atom is 0.245 e. The average Bonchev–Trinajstić information content (AvgIpc) is 3.44. The van der Waals surface area contributed by atoms with Crippen LogP contribution in [-0.4, -0.2) is 53.4 Å². The molecule has 3 aliphatic rings. The lowest BCUT2D eigenvalue weighted by molar-refractivity contribution is -0.143. The standard InChI is InChI=1S/C22H30N2O3/c25-21(14-17-8-4-5-9-17)24-16-19(27-18-10-2-1-3-11-18)15-20(24)22(26)23-12-6-7-13-23/h1-3,10-11,17,19-20H,4-9,12-16H2/t19-,20-/m0/s1. The van der Waals surface area contributed by atoms with E-state index in [0.717, 1.165) is 44.5 Å². The Bertz CT molecular complexity index is 651. The van der Waals surface area contributed by atoms with Gasteiger partial charge < -0.3 is 14.5 Å². The highest BCUT2D eigenvalue weighted by molar-refractivity contribution is 5.88. The van der Waals surface area contributed by atoms with Crippen LogP contribution in [0.3, 0.4) is 0 Å². The van der Waals surface area contributed by atoms with Gasteiger partial charge in [0.1, 0.15) is 17.9 Å². The summed E-state index contributed by atoms with van der Waals surface area (Å²) in [6.45, 7) is 2.17. The number of likely N-dealkylation sites (tertiary alicyclic amines) is 2. The van der Waals surface area contributed by atoms with E-state index < -0.39 is 0 Å². The molecule has 0 aromatic heterocycles. The molecular weight excluding hydrogens is 340 g/mol.